The number of halogens is 4. The molecule has 3 saturated heterocycles. The number of amides is 1. The Morgan fingerprint density at radius 1 is 1.10 bits per heavy atom. The standard InChI is InChI=1S/C35H42ClF3N8O3/c1-43-13-5-6-26(43)24-50-34-41-29-23-45(30-8-4-7-28(36)32(30)35(37,38)39)15-11-27(29)33(42-34)46-16-17-47(25(22-46)10-12-40)31(48)9-2-3-14-44-18-20-49-21-19-44/h4,7-8,25-26H,3,5-6,10-11,13-24H2,1H3/t25-,26-/m0/s1. The van der Waals surface area contributed by atoms with Crippen molar-refractivity contribution >= 4 is 29.0 Å². The molecule has 50 heavy (non-hydrogen) atoms. The zero-order valence-electron chi connectivity index (χ0n) is 28.2. The first-order valence-corrected chi connectivity index (χ1v) is 17.5. The van der Waals surface area contributed by atoms with E-state index in [9.17, 15) is 23.2 Å². The van der Waals surface area contributed by atoms with Crippen LogP contribution >= 0.6 is 11.6 Å². The highest BCUT2D eigenvalue weighted by Crippen LogP contribution is 2.43. The fourth-order valence-corrected chi connectivity index (χ4v) is 7.46. The van der Waals surface area contributed by atoms with Crippen LogP contribution in [-0.4, -0.2) is 122 Å². The second kappa shape index (κ2) is 16.0. The van der Waals surface area contributed by atoms with Crippen molar-refractivity contribution in [2.24, 2.45) is 0 Å². The molecule has 15 heteroatoms. The molecule has 4 aliphatic rings. The number of ether oxygens (including phenoxy) is 2. The fourth-order valence-electron chi connectivity index (χ4n) is 7.18. The fraction of sp³-hybridized carbons (Fsp3) is 0.600. The Labute approximate surface area is 295 Å². The highest BCUT2D eigenvalue weighted by molar-refractivity contribution is 6.31. The molecule has 2 atom stereocenters. The van der Waals surface area contributed by atoms with Crippen molar-refractivity contribution < 1.29 is 27.4 Å². The number of carbonyl (C=O) groups excluding carboxylic acids is 1. The number of piperazine rings is 1. The van der Waals surface area contributed by atoms with Gasteiger partial charge in [0.15, 0.2) is 0 Å². The van der Waals surface area contributed by atoms with Gasteiger partial charge in [0, 0.05) is 63.8 Å². The molecule has 0 spiro atoms. The van der Waals surface area contributed by atoms with E-state index in [1.807, 2.05) is 11.9 Å². The summed E-state index contributed by atoms with van der Waals surface area (Å²) in [5.41, 5.74) is 0.522. The van der Waals surface area contributed by atoms with Gasteiger partial charge in [-0.3, -0.25) is 9.69 Å². The molecule has 3 fully saturated rings. The molecule has 11 nitrogen and oxygen atoms in total. The minimum absolute atomic E-state index is 0.00173. The van der Waals surface area contributed by atoms with E-state index in [0.29, 0.717) is 70.4 Å². The predicted molar refractivity (Wildman–Crippen MR) is 182 cm³/mol. The number of aromatic nitrogens is 2. The highest BCUT2D eigenvalue weighted by atomic mass is 35.5. The Morgan fingerprint density at radius 2 is 1.92 bits per heavy atom. The van der Waals surface area contributed by atoms with Gasteiger partial charge in [-0.15, -0.1) is 0 Å². The summed E-state index contributed by atoms with van der Waals surface area (Å²) >= 11 is 6.07. The number of hydrogen-bond donors (Lipinski definition) is 0. The summed E-state index contributed by atoms with van der Waals surface area (Å²) in [6.07, 6.45) is -1.51. The number of carbonyl (C=O) groups is 1. The van der Waals surface area contributed by atoms with E-state index in [1.54, 1.807) is 9.80 Å². The van der Waals surface area contributed by atoms with Crippen LogP contribution in [0, 0.1) is 23.2 Å². The molecule has 0 radical (unpaired) electrons. The Bertz CT molecular complexity index is 1640. The van der Waals surface area contributed by atoms with Crippen LogP contribution in [-0.2, 0) is 28.7 Å². The summed E-state index contributed by atoms with van der Waals surface area (Å²) < 4.78 is 53.9. The SMILES string of the molecule is CN1CCC[C@H]1COc1nc2c(c(N3CCN(C(=O)C#CCCN4CCOCC4)[C@@H](CC#N)C3)n1)CCN(c1cccc(Cl)c1C(F)(F)F)C2. The lowest BCUT2D eigenvalue weighted by molar-refractivity contribution is -0.137. The molecule has 1 aromatic carbocycles. The molecule has 6 rings (SSSR count). The van der Waals surface area contributed by atoms with Crippen LogP contribution in [0.1, 0.15) is 42.5 Å². The number of anilines is 2. The van der Waals surface area contributed by atoms with Gasteiger partial charge in [0.2, 0.25) is 0 Å². The van der Waals surface area contributed by atoms with Crippen molar-refractivity contribution in [2.45, 2.75) is 56.9 Å². The smallest absolute Gasteiger partial charge is 0.419 e. The van der Waals surface area contributed by atoms with E-state index < -0.39 is 17.8 Å². The second-order valence-electron chi connectivity index (χ2n) is 13.1. The second-order valence-corrected chi connectivity index (χ2v) is 13.5. The van der Waals surface area contributed by atoms with Crippen molar-refractivity contribution in [2.75, 3.05) is 89.0 Å². The number of nitriles is 1. The first-order chi connectivity index (χ1) is 24.1. The number of benzene rings is 1. The zero-order chi connectivity index (χ0) is 35.3. The maximum atomic E-state index is 14.1. The van der Waals surface area contributed by atoms with Crippen molar-refractivity contribution in [3.8, 4) is 23.9 Å². The van der Waals surface area contributed by atoms with E-state index in [4.69, 9.17) is 31.0 Å². The molecule has 0 saturated carbocycles. The van der Waals surface area contributed by atoms with Gasteiger partial charge in [-0.2, -0.15) is 28.4 Å². The number of hydrogen-bond acceptors (Lipinski definition) is 10. The minimum Gasteiger partial charge on any atom is -0.462 e. The summed E-state index contributed by atoms with van der Waals surface area (Å²) in [4.78, 5) is 32.7. The lowest BCUT2D eigenvalue weighted by Crippen LogP contribution is -2.55. The normalized spacial score (nSPS) is 21.7. The number of morpholine rings is 1. The number of likely N-dealkylation sites (N-methyl/N-ethyl adjacent to an activating group) is 1. The van der Waals surface area contributed by atoms with Gasteiger partial charge in [-0.1, -0.05) is 23.6 Å². The summed E-state index contributed by atoms with van der Waals surface area (Å²) in [6, 6.07) is 6.37. The van der Waals surface area contributed by atoms with Crippen molar-refractivity contribution in [1.29, 1.82) is 5.26 Å². The Hall–Kier alpha value is -3.82. The maximum Gasteiger partial charge on any atom is 0.419 e. The third-order valence-electron chi connectivity index (χ3n) is 9.94. The van der Waals surface area contributed by atoms with E-state index >= 15 is 0 Å². The molecule has 1 amide bonds. The summed E-state index contributed by atoms with van der Waals surface area (Å²) in [5, 5.41) is 9.34. The van der Waals surface area contributed by atoms with Crippen LogP contribution in [0.2, 0.25) is 5.02 Å². The van der Waals surface area contributed by atoms with Crippen molar-refractivity contribution in [3.63, 3.8) is 0 Å². The van der Waals surface area contributed by atoms with Crippen LogP contribution in [0.4, 0.5) is 24.7 Å². The Morgan fingerprint density at radius 3 is 2.66 bits per heavy atom. The zero-order valence-corrected chi connectivity index (χ0v) is 29.0. The quantitative estimate of drug-likeness (QED) is 0.375. The first kappa shape index (κ1) is 36.0. The van der Waals surface area contributed by atoms with Gasteiger partial charge < -0.3 is 29.1 Å². The van der Waals surface area contributed by atoms with Gasteiger partial charge in [0.05, 0.1) is 60.3 Å². The number of rotatable bonds is 8. The molecular formula is C35H42ClF3N8O3. The average Bonchev–Trinajstić information content (AvgIpc) is 3.52. The molecule has 2 aromatic rings. The number of nitrogens with zero attached hydrogens (tertiary/aromatic N) is 8. The van der Waals surface area contributed by atoms with E-state index in [2.05, 4.69) is 27.7 Å². The number of fused-ring (bicyclic) bond motifs is 1. The lowest BCUT2D eigenvalue weighted by atomic mass is 10.0. The molecule has 5 heterocycles. The largest absolute Gasteiger partial charge is 0.462 e. The van der Waals surface area contributed by atoms with Gasteiger partial charge in [-0.25, -0.2) is 0 Å². The molecule has 0 bridgehead atoms. The summed E-state index contributed by atoms with van der Waals surface area (Å²) in [7, 11) is 2.05. The third kappa shape index (κ3) is 8.37. The molecule has 268 valence electrons. The number of alkyl halides is 3. The predicted octanol–water partition coefficient (Wildman–Crippen LogP) is 3.84. The topological polar surface area (TPSA) is 101 Å². The van der Waals surface area contributed by atoms with Crippen LogP contribution in [0.5, 0.6) is 6.01 Å². The van der Waals surface area contributed by atoms with Crippen LogP contribution in [0.25, 0.3) is 0 Å². The third-order valence-corrected chi connectivity index (χ3v) is 10.3. The van der Waals surface area contributed by atoms with E-state index in [0.717, 1.165) is 44.6 Å². The molecule has 1 aromatic heterocycles. The summed E-state index contributed by atoms with van der Waals surface area (Å²) in [5.74, 6) is 6.12. The van der Waals surface area contributed by atoms with Crippen LogP contribution < -0.4 is 14.5 Å². The highest BCUT2D eigenvalue weighted by Gasteiger charge is 2.39. The lowest BCUT2D eigenvalue weighted by Gasteiger charge is -2.42. The van der Waals surface area contributed by atoms with Gasteiger partial charge in [-0.05, 0) is 50.9 Å². The molecular weight excluding hydrogens is 673 g/mol. The average molecular weight is 715 g/mol. The van der Waals surface area contributed by atoms with Crippen molar-refractivity contribution in [1.82, 2.24) is 24.7 Å². The minimum atomic E-state index is -4.63. The summed E-state index contributed by atoms with van der Waals surface area (Å²) in [6.45, 7) is 6.76. The number of likely N-dealkylation sites (tertiary alicyclic amines) is 1. The molecule has 0 unspecified atom stereocenters. The molecule has 4 aliphatic heterocycles. The monoisotopic (exact) mass is 714 g/mol. The molecule has 0 aliphatic carbocycles. The maximum absolute atomic E-state index is 14.1. The Balaban J connectivity index is 1.23. The van der Waals surface area contributed by atoms with Gasteiger partial charge in [0.1, 0.15) is 12.4 Å². The van der Waals surface area contributed by atoms with Crippen molar-refractivity contribution in [3.05, 3.63) is 40.0 Å². The molecule has 0 N–H and O–H groups in total. The Kier molecular flexibility index (Phi) is 11.5. The van der Waals surface area contributed by atoms with Gasteiger partial charge in [0.25, 0.3) is 5.91 Å². The van der Waals surface area contributed by atoms with Gasteiger partial charge >= 0.3 is 12.2 Å². The van der Waals surface area contributed by atoms with Crippen LogP contribution in [0.15, 0.2) is 18.2 Å². The van der Waals surface area contributed by atoms with E-state index in [-0.39, 0.29) is 41.6 Å². The van der Waals surface area contributed by atoms with Crippen LogP contribution in [0.3, 0.4) is 0 Å². The first-order valence-electron chi connectivity index (χ1n) is 17.2. The van der Waals surface area contributed by atoms with E-state index in [1.165, 1.54) is 18.2 Å².